The lowest BCUT2D eigenvalue weighted by atomic mass is 10.1. The minimum Gasteiger partial charge on any atom is -0.454 e. The normalized spacial score (nSPS) is 19.9. The highest BCUT2D eigenvalue weighted by Crippen LogP contribution is 2.45. The van der Waals surface area contributed by atoms with Crippen LogP contribution < -0.4 is 9.47 Å². The van der Waals surface area contributed by atoms with E-state index < -0.39 is 11.4 Å². The smallest absolute Gasteiger partial charge is 0.231 e. The number of halogens is 2. The maximum absolute atomic E-state index is 13.8. The lowest BCUT2D eigenvalue weighted by Gasteiger charge is -2.10. The molecule has 0 unspecified atom stereocenters. The van der Waals surface area contributed by atoms with Gasteiger partial charge in [0.25, 0.3) is 0 Å². The molecule has 1 aromatic carbocycles. The van der Waals surface area contributed by atoms with Gasteiger partial charge in [-0.1, -0.05) is 11.6 Å². The van der Waals surface area contributed by atoms with E-state index in [-0.39, 0.29) is 24.0 Å². The van der Waals surface area contributed by atoms with Crippen LogP contribution in [-0.2, 0) is 6.42 Å². The van der Waals surface area contributed by atoms with Gasteiger partial charge in [-0.15, -0.1) is 0 Å². The molecule has 1 fully saturated rings. The second-order valence-electron chi connectivity index (χ2n) is 4.30. The molecular weight excluding hydrogens is 235 g/mol. The zero-order valence-electron chi connectivity index (χ0n) is 8.43. The lowest BCUT2D eigenvalue weighted by molar-refractivity contribution is 0.149. The van der Waals surface area contributed by atoms with E-state index in [2.05, 4.69) is 0 Å². The number of rotatable bonds is 2. The standard InChI is InChI=1S/C11H10ClFO3/c12-8-9(13)6(4-11(14)1-2-11)3-7-10(8)16-5-15-7/h3,14H,1-2,4-5H2. The molecule has 0 amide bonds. The Hall–Kier alpha value is -1.00. The van der Waals surface area contributed by atoms with Crippen molar-refractivity contribution in [2.24, 2.45) is 0 Å². The van der Waals surface area contributed by atoms with Crippen molar-refractivity contribution in [3.05, 3.63) is 22.5 Å². The molecule has 16 heavy (non-hydrogen) atoms. The van der Waals surface area contributed by atoms with Crippen molar-refractivity contribution < 1.29 is 19.0 Å². The molecule has 0 saturated heterocycles. The Kier molecular flexibility index (Phi) is 2.06. The van der Waals surface area contributed by atoms with E-state index >= 15 is 0 Å². The molecule has 0 radical (unpaired) electrons. The molecule has 3 rings (SSSR count). The molecule has 1 aliphatic carbocycles. The van der Waals surface area contributed by atoms with Crippen LogP contribution in [0.25, 0.3) is 0 Å². The minimum atomic E-state index is -0.752. The summed E-state index contributed by atoms with van der Waals surface area (Å²) in [7, 11) is 0. The molecule has 0 atom stereocenters. The Labute approximate surface area is 96.7 Å². The van der Waals surface area contributed by atoms with Gasteiger partial charge in [-0.25, -0.2) is 4.39 Å². The van der Waals surface area contributed by atoms with Crippen LogP contribution in [0.4, 0.5) is 4.39 Å². The van der Waals surface area contributed by atoms with Gasteiger partial charge >= 0.3 is 0 Å². The highest BCUT2D eigenvalue weighted by atomic mass is 35.5. The number of aliphatic hydroxyl groups is 1. The van der Waals surface area contributed by atoms with Crippen molar-refractivity contribution in [2.75, 3.05) is 6.79 Å². The Morgan fingerprint density at radius 2 is 2.19 bits per heavy atom. The van der Waals surface area contributed by atoms with Gasteiger partial charge in [0.1, 0.15) is 10.8 Å². The molecule has 5 heteroatoms. The first-order valence-electron chi connectivity index (χ1n) is 5.08. The number of hydrogen-bond acceptors (Lipinski definition) is 3. The summed E-state index contributed by atoms with van der Waals surface area (Å²) in [6, 6.07) is 1.56. The quantitative estimate of drug-likeness (QED) is 0.868. The number of fused-ring (bicyclic) bond motifs is 1. The number of benzene rings is 1. The molecule has 0 aromatic heterocycles. The highest BCUT2D eigenvalue weighted by molar-refractivity contribution is 6.32. The first kappa shape index (κ1) is 10.2. The van der Waals surface area contributed by atoms with E-state index in [9.17, 15) is 9.50 Å². The molecule has 86 valence electrons. The second kappa shape index (κ2) is 3.25. The van der Waals surface area contributed by atoms with E-state index in [1.165, 1.54) is 0 Å². The Bertz CT molecular complexity index is 457. The minimum absolute atomic E-state index is 0.0578. The molecule has 1 N–H and O–H groups in total. The van der Waals surface area contributed by atoms with Gasteiger partial charge in [0.05, 0.1) is 5.60 Å². The molecule has 1 aliphatic heterocycles. The third kappa shape index (κ3) is 1.53. The average Bonchev–Trinajstić information content (AvgIpc) is 2.79. The van der Waals surface area contributed by atoms with Gasteiger partial charge in [-0.3, -0.25) is 0 Å². The van der Waals surface area contributed by atoms with Crippen LogP contribution in [0.15, 0.2) is 6.07 Å². The predicted octanol–water partition coefficient (Wildman–Crippen LogP) is 2.28. The summed E-state index contributed by atoms with van der Waals surface area (Å²) in [6.45, 7) is 0.0578. The van der Waals surface area contributed by atoms with Crippen molar-refractivity contribution in [1.82, 2.24) is 0 Å². The molecule has 1 heterocycles. The van der Waals surface area contributed by atoms with Gasteiger partial charge < -0.3 is 14.6 Å². The number of hydrogen-bond donors (Lipinski definition) is 1. The zero-order chi connectivity index (χ0) is 11.3. The molecule has 1 aromatic rings. The Morgan fingerprint density at radius 3 is 2.88 bits per heavy atom. The van der Waals surface area contributed by atoms with Crippen molar-refractivity contribution in [3.8, 4) is 11.5 Å². The van der Waals surface area contributed by atoms with Crippen molar-refractivity contribution in [1.29, 1.82) is 0 Å². The summed E-state index contributed by atoms with van der Waals surface area (Å²) in [5.74, 6) is 0.183. The van der Waals surface area contributed by atoms with Crippen LogP contribution in [0.3, 0.4) is 0 Å². The SMILES string of the molecule is OC1(Cc2cc3c(c(Cl)c2F)OCO3)CC1. The fourth-order valence-corrected chi connectivity index (χ4v) is 2.10. The fraction of sp³-hybridized carbons (Fsp3) is 0.455. The Morgan fingerprint density at radius 1 is 1.44 bits per heavy atom. The summed E-state index contributed by atoms with van der Waals surface area (Å²) >= 11 is 5.83. The van der Waals surface area contributed by atoms with Crippen LogP contribution >= 0.6 is 11.6 Å². The topological polar surface area (TPSA) is 38.7 Å². The summed E-state index contributed by atoms with van der Waals surface area (Å²) < 4.78 is 24.0. The third-order valence-electron chi connectivity index (χ3n) is 2.97. The average molecular weight is 245 g/mol. The summed E-state index contributed by atoms with van der Waals surface area (Å²) in [4.78, 5) is 0. The van der Waals surface area contributed by atoms with Gasteiger partial charge in [0, 0.05) is 6.42 Å². The van der Waals surface area contributed by atoms with Crippen molar-refractivity contribution >= 4 is 11.6 Å². The predicted molar refractivity (Wildman–Crippen MR) is 55.4 cm³/mol. The van der Waals surface area contributed by atoms with Gasteiger partial charge in [0.15, 0.2) is 11.5 Å². The van der Waals surface area contributed by atoms with Crippen LogP contribution in [0.1, 0.15) is 18.4 Å². The van der Waals surface area contributed by atoms with E-state index in [1.807, 2.05) is 0 Å². The molecule has 0 spiro atoms. The molecule has 0 bridgehead atoms. The van der Waals surface area contributed by atoms with E-state index in [0.717, 1.165) is 0 Å². The van der Waals surface area contributed by atoms with Crippen molar-refractivity contribution in [2.45, 2.75) is 24.9 Å². The van der Waals surface area contributed by atoms with Crippen LogP contribution in [0.2, 0.25) is 5.02 Å². The first-order valence-corrected chi connectivity index (χ1v) is 5.46. The first-order chi connectivity index (χ1) is 7.59. The monoisotopic (exact) mass is 244 g/mol. The third-order valence-corrected chi connectivity index (χ3v) is 3.31. The fourth-order valence-electron chi connectivity index (χ4n) is 1.83. The van der Waals surface area contributed by atoms with E-state index in [1.54, 1.807) is 6.07 Å². The van der Waals surface area contributed by atoms with E-state index in [0.29, 0.717) is 24.2 Å². The molecule has 1 saturated carbocycles. The summed E-state index contributed by atoms with van der Waals surface area (Å²) in [5.41, 5.74) is -0.369. The molecule has 3 nitrogen and oxygen atoms in total. The zero-order valence-corrected chi connectivity index (χ0v) is 9.18. The Balaban J connectivity index is 2.02. The summed E-state index contributed by atoms with van der Waals surface area (Å²) in [5, 5.41) is 9.70. The van der Waals surface area contributed by atoms with Crippen LogP contribution in [0.5, 0.6) is 11.5 Å². The maximum Gasteiger partial charge on any atom is 0.231 e. The largest absolute Gasteiger partial charge is 0.454 e. The van der Waals surface area contributed by atoms with Gasteiger partial charge in [0.2, 0.25) is 6.79 Å². The summed E-state index contributed by atoms with van der Waals surface area (Å²) in [6.07, 6.45) is 1.69. The number of ether oxygens (including phenoxy) is 2. The molecular formula is C11H10ClFO3. The second-order valence-corrected chi connectivity index (χ2v) is 4.68. The molecule has 2 aliphatic rings. The van der Waals surface area contributed by atoms with E-state index in [4.69, 9.17) is 21.1 Å². The van der Waals surface area contributed by atoms with Crippen LogP contribution in [0, 0.1) is 5.82 Å². The van der Waals surface area contributed by atoms with Gasteiger partial charge in [-0.2, -0.15) is 0 Å². The van der Waals surface area contributed by atoms with Gasteiger partial charge in [-0.05, 0) is 24.5 Å². The van der Waals surface area contributed by atoms with Crippen LogP contribution in [-0.4, -0.2) is 17.5 Å². The maximum atomic E-state index is 13.8. The highest BCUT2D eigenvalue weighted by Gasteiger charge is 2.41. The lowest BCUT2D eigenvalue weighted by Crippen LogP contribution is -2.12. The van der Waals surface area contributed by atoms with Crippen molar-refractivity contribution in [3.63, 3.8) is 0 Å².